The number of likely N-dealkylation sites (N-methyl/N-ethyl adjacent to an activating group) is 1. The highest BCUT2D eigenvalue weighted by Gasteiger charge is 2.27. The first kappa shape index (κ1) is 20.0. The van der Waals surface area contributed by atoms with E-state index in [1.165, 1.54) is 17.0 Å². The van der Waals surface area contributed by atoms with Crippen LogP contribution in [0, 0.1) is 0 Å². The van der Waals surface area contributed by atoms with Gasteiger partial charge in [-0.05, 0) is 12.1 Å². The van der Waals surface area contributed by atoms with Crippen molar-refractivity contribution >= 4 is 17.7 Å². The second-order valence-electron chi connectivity index (χ2n) is 6.70. The third-order valence-corrected chi connectivity index (χ3v) is 4.41. The zero-order valence-corrected chi connectivity index (χ0v) is 16.2. The molecule has 3 aromatic rings. The van der Waals surface area contributed by atoms with E-state index in [-0.39, 0.29) is 17.3 Å². The molecule has 29 heavy (non-hydrogen) atoms. The van der Waals surface area contributed by atoms with Gasteiger partial charge >= 0.3 is 5.97 Å². The number of amides is 1. The second kappa shape index (κ2) is 8.97. The Bertz CT molecular complexity index is 996. The highest BCUT2D eigenvalue weighted by atomic mass is 16.5. The van der Waals surface area contributed by atoms with Gasteiger partial charge in [0.05, 0.1) is 5.56 Å². The Morgan fingerprint density at radius 2 is 1.17 bits per heavy atom. The zero-order chi connectivity index (χ0) is 20.8. The van der Waals surface area contributed by atoms with Gasteiger partial charge in [0.25, 0.3) is 5.91 Å². The van der Waals surface area contributed by atoms with Gasteiger partial charge < -0.3 is 9.64 Å². The molecule has 1 unspecified atom stereocenters. The predicted molar refractivity (Wildman–Crippen MR) is 110 cm³/mol. The molecular weight excluding hydrogens is 366 g/mol. The molecule has 0 fully saturated rings. The summed E-state index contributed by atoms with van der Waals surface area (Å²) in [6.07, 6.45) is -1.04. The van der Waals surface area contributed by atoms with Crippen molar-refractivity contribution in [2.75, 3.05) is 14.1 Å². The minimum atomic E-state index is -1.04. The molecule has 5 nitrogen and oxygen atoms in total. The zero-order valence-electron chi connectivity index (χ0n) is 16.2. The Kier molecular flexibility index (Phi) is 6.19. The number of nitrogens with zero attached hydrogens (tertiary/aromatic N) is 1. The largest absolute Gasteiger partial charge is 0.444 e. The van der Waals surface area contributed by atoms with Crippen molar-refractivity contribution in [3.05, 3.63) is 107 Å². The Morgan fingerprint density at radius 1 is 0.690 bits per heavy atom. The van der Waals surface area contributed by atoms with Crippen molar-refractivity contribution < 1.29 is 19.1 Å². The van der Waals surface area contributed by atoms with Crippen molar-refractivity contribution in [2.45, 2.75) is 6.10 Å². The first-order valence-electron chi connectivity index (χ1n) is 9.14. The van der Waals surface area contributed by atoms with E-state index in [9.17, 15) is 14.4 Å². The summed E-state index contributed by atoms with van der Waals surface area (Å²) in [6.45, 7) is 0. The molecule has 1 amide bonds. The summed E-state index contributed by atoms with van der Waals surface area (Å²) in [7, 11) is 3.21. The fraction of sp³-hybridized carbons (Fsp3) is 0.125. The van der Waals surface area contributed by atoms with Crippen LogP contribution in [0.15, 0.2) is 84.9 Å². The maximum Gasteiger partial charge on any atom is 0.339 e. The van der Waals surface area contributed by atoms with Gasteiger partial charge in [0.15, 0.2) is 5.78 Å². The molecule has 3 aromatic carbocycles. The molecule has 0 spiro atoms. The number of carbonyl (C=O) groups excluding carboxylic acids is 3. The van der Waals surface area contributed by atoms with E-state index in [2.05, 4.69) is 0 Å². The molecule has 0 bridgehead atoms. The van der Waals surface area contributed by atoms with Crippen LogP contribution in [-0.2, 0) is 9.53 Å². The van der Waals surface area contributed by atoms with Crippen LogP contribution in [-0.4, -0.2) is 36.7 Å². The average Bonchev–Trinajstić information content (AvgIpc) is 2.77. The molecule has 0 heterocycles. The molecule has 0 N–H and O–H groups in total. The number of ketones is 1. The number of hydrogen-bond acceptors (Lipinski definition) is 4. The summed E-state index contributed by atoms with van der Waals surface area (Å²) in [5.41, 5.74) is 1.90. The molecule has 1 atom stereocenters. The molecular formula is C24H21NO4. The van der Waals surface area contributed by atoms with E-state index < -0.39 is 12.1 Å². The van der Waals surface area contributed by atoms with Gasteiger partial charge in [-0.2, -0.15) is 0 Å². The first-order valence-corrected chi connectivity index (χ1v) is 9.14. The quantitative estimate of drug-likeness (QED) is 0.475. The molecule has 0 saturated carbocycles. The fourth-order valence-corrected chi connectivity index (χ4v) is 2.81. The van der Waals surface area contributed by atoms with Crippen LogP contribution >= 0.6 is 0 Å². The number of benzene rings is 3. The maximum atomic E-state index is 12.6. The standard InChI is InChI=1S/C24H21NO4/c1-25(2)23(27)22(19-11-7-4-8-12-19)29-24(28)20-15-13-18(14-16-20)21(26)17-9-5-3-6-10-17/h3-16,22H,1-2H3. The molecule has 0 aliphatic heterocycles. The van der Waals surface area contributed by atoms with Gasteiger partial charge in [0.2, 0.25) is 6.10 Å². The van der Waals surface area contributed by atoms with Crippen LogP contribution in [0.25, 0.3) is 0 Å². The lowest BCUT2D eigenvalue weighted by molar-refractivity contribution is -0.138. The summed E-state index contributed by atoms with van der Waals surface area (Å²) >= 11 is 0. The second-order valence-corrected chi connectivity index (χ2v) is 6.70. The van der Waals surface area contributed by atoms with Crippen LogP contribution in [0.4, 0.5) is 0 Å². The van der Waals surface area contributed by atoms with E-state index in [0.717, 1.165) is 0 Å². The van der Waals surface area contributed by atoms with Crippen LogP contribution in [0.3, 0.4) is 0 Å². The lowest BCUT2D eigenvalue weighted by Gasteiger charge is -2.21. The summed E-state index contributed by atoms with van der Waals surface area (Å²) in [6, 6.07) is 24.0. The van der Waals surface area contributed by atoms with E-state index in [1.54, 1.807) is 74.8 Å². The third-order valence-electron chi connectivity index (χ3n) is 4.41. The van der Waals surface area contributed by atoms with Crippen LogP contribution < -0.4 is 0 Å². The molecule has 0 aliphatic rings. The molecule has 0 aliphatic carbocycles. The van der Waals surface area contributed by atoms with Gasteiger partial charge in [-0.3, -0.25) is 9.59 Å². The predicted octanol–water partition coefficient (Wildman–Crippen LogP) is 3.90. The smallest absolute Gasteiger partial charge is 0.339 e. The normalized spacial score (nSPS) is 11.4. The Balaban J connectivity index is 1.78. The lowest BCUT2D eigenvalue weighted by atomic mass is 10.0. The van der Waals surface area contributed by atoms with Crippen LogP contribution in [0.5, 0.6) is 0 Å². The van der Waals surface area contributed by atoms with Gasteiger partial charge in [-0.15, -0.1) is 0 Å². The van der Waals surface area contributed by atoms with Crippen molar-refractivity contribution in [2.24, 2.45) is 0 Å². The average molecular weight is 387 g/mol. The number of rotatable bonds is 6. The highest BCUT2D eigenvalue weighted by molar-refractivity contribution is 6.09. The third kappa shape index (κ3) is 4.76. The van der Waals surface area contributed by atoms with Crippen LogP contribution in [0.1, 0.15) is 37.9 Å². The molecule has 5 heteroatoms. The van der Waals surface area contributed by atoms with E-state index in [4.69, 9.17) is 4.74 Å². The first-order chi connectivity index (χ1) is 14.0. The maximum absolute atomic E-state index is 12.6. The van der Waals surface area contributed by atoms with Crippen molar-refractivity contribution in [3.63, 3.8) is 0 Å². The van der Waals surface area contributed by atoms with E-state index >= 15 is 0 Å². The summed E-state index contributed by atoms with van der Waals surface area (Å²) < 4.78 is 5.52. The van der Waals surface area contributed by atoms with E-state index in [1.807, 2.05) is 12.1 Å². The van der Waals surface area contributed by atoms with Gasteiger partial charge in [-0.1, -0.05) is 72.8 Å². The van der Waals surface area contributed by atoms with Crippen molar-refractivity contribution in [1.82, 2.24) is 4.90 Å². The van der Waals surface area contributed by atoms with Gasteiger partial charge in [0, 0.05) is 30.8 Å². The monoisotopic (exact) mass is 387 g/mol. The summed E-state index contributed by atoms with van der Waals surface area (Å²) in [5, 5.41) is 0. The Morgan fingerprint density at radius 3 is 1.72 bits per heavy atom. The number of ether oxygens (including phenoxy) is 1. The SMILES string of the molecule is CN(C)C(=O)C(OC(=O)c1ccc(C(=O)c2ccccc2)cc1)c1ccccc1. The van der Waals surface area contributed by atoms with Crippen molar-refractivity contribution in [1.29, 1.82) is 0 Å². The van der Waals surface area contributed by atoms with E-state index in [0.29, 0.717) is 16.7 Å². The molecule has 0 saturated heterocycles. The van der Waals surface area contributed by atoms with Crippen molar-refractivity contribution in [3.8, 4) is 0 Å². The molecule has 0 aromatic heterocycles. The number of carbonyl (C=O) groups is 3. The lowest BCUT2D eigenvalue weighted by Crippen LogP contribution is -2.31. The topological polar surface area (TPSA) is 63.7 Å². The Labute approximate surface area is 169 Å². The number of hydrogen-bond donors (Lipinski definition) is 0. The van der Waals surface area contributed by atoms with Gasteiger partial charge in [-0.25, -0.2) is 4.79 Å². The highest BCUT2D eigenvalue weighted by Crippen LogP contribution is 2.21. The molecule has 0 radical (unpaired) electrons. The summed E-state index contributed by atoms with van der Waals surface area (Å²) in [5.74, 6) is -1.09. The van der Waals surface area contributed by atoms with Gasteiger partial charge in [0.1, 0.15) is 0 Å². The molecule has 146 valence electrons. The Hall–Kier alpha value is -3.73. The molecule has 3 rings (SSSR count). The summed E-state index contributed by atoms with van der Waals surface area (Å²) in [4.78, 5) is 39.0. The minimum absolute atomic E-state index is 0.129. The van der Waals surface area contributed by atoms with Crippen LogP contribution in [0.2, 0.25) is 0 Å². The fourth-order valence-electron chi connectivity index (χ4n) is 2.81. The minimum Gasteiger partial charge on any atom is -0.444 e. The number of esters is 1.